The fourth-order valence-electron chi connectivity index (χ4n) is 1.95. The van der Waals surface area contributed by atoms with Crippen molar-refractivity contribution in [2.75, 3.05) is 0 Å². The summed E-state index contributed by atoms with van der Waals surface area (Å²) in [5, 5.41) is 4.89. The smallest absolute Gasteiger partial charge is 0.253 e. The molecule has 5 heteroatoms. The molecule has 1 heterocycles. The first kappa shape index (κ1) is 14.1. The number of thioether (sulfide) groups is 1. The first-order valence-electron chi connectivity index (χ1n) is 6.68. The minimum absolute atomic E-state index is 0.0614. The van der Waals surface area contributed by atoms with Gasteiger partial charge in [0.05, 0.1) is 10.3 Å². The highest BCUT2D eigenvalue weighted by Gasteiger charge is 2.15. The lowest BCUT2D eigenvalue weighted by atomic mass is 9.99. The summed E-state index contributed by atoms with van der Waals surface area (Å²) in [5.74, 6) is -0.0614. The number of rotatable bonds is 4. The van der Waals surface area contributed by atoms with Gasteiger partial charge in [-0.05, 0) is 44.7 Å². The molecular weight excluding hydrogens is 258 g/mol. The molecule has 1 amide bonds. The van der Waals surface area contributed by atoms with Crippen LogP contribution in [0.1, 0.15) is 39.0 Å². The van der Waals surface area contributed by atoms with Crippen molar-refractivity contribution in [3.8, 4) is 0 Å². The van der Waals surface area contributed by atoms with Crippen LogP contribution in [0.2, 0.25) is 0 Å². The summed E-state index contributed by atoms with van der Waals surface area (Å²) < 4.78 is 0. The highest BCUT2D eigenvalue weighted by molar-refractivity contribution is 8.00. The van der Waals surface area contributed by atoms with E-state index in [2.05, 4.69) is 15.5 Å². The van der Waals surface area contributed by atoms with Crippen LogP contribution in [-0.2, 0) is 4.79 Å². The number of hydrogen-bond donors (Lipinski definition) is 1. The number of hydrazone groups is 1. The van der Waals surface area contributed by atoms with E-state index >= 15 is 0 Å². The molecule has 0 saturated heterocycles. The Hall–Kier alpha value is -1.36. The average molecular weight is 277 g/mol. The third kappa shape index (κ3) is 4.67. The highest BCUT2D eigenvalue weighted by atomic mass is 32.2. The van der Waals surface area contributed by atoms with Gasteiger partial charge in [-0.2, -0.15) is 5.10 Å². The van der Waals surface area contributed by atoms with E-state index in [0.29, 0.717) is 0 Å². The van der Waals surface area contributed by atoms with Crippen LogP contribution in [0.5, 0.6) is 0 Å². The van der Waals surface area contributed by atoms with E-state index in [-0.39, 0.29) is 11.2 Å². The Kier molecular flexibility index (Phi) is 5.39. The van der Waals surface area contributed by atoms with Gasteiger partial charge in [-0.3, -0.25) is 4.79 Å². The van der Waals surface area contributed by atoms with E-state index in [1.165, 1.54) is 31.0 Å². The molecule has 0 bridgehead atoms. The molecule has 102 valence electrons. The maximum atomic E-state index is 11.9. The van der Waals surface area contributed by atoms with Crippen LogP contribution >= 0.6 is 11.8 Å². The van der Waals surface area contributed by atoms with Gasteiger partial charge in [0.1, 0.15) is 0 Å². The molecule has 1 atom stereocenters. The van der Waals surface area contributed by atoms with Gasteiger partial charge in [-0.15, -0.1) is 0 Å². The first-order chi connectivity index (χ1) is 9.25. The molecule has 1 aromatic rings. The van der Waals surface area contributed by atoms with Crippen molar-refractivity contribution in [3.63, 3.8) is 0 Å². The minimum Gasteiger partial charge on any atom is -0.272 e. The van der Waals surface area contributed by atoms with Gasteiger partial charge >= 0.3 is 0 Å². The molecule has 1 fully saturated rings. The molecule has 1 aromatic heterocycles. The summed E-state index contributed by atoms with van der Waals surface area (Å²) >= 11 is 1.45. The van der Waals surface area contributed by atoms with Gasteiger partial charge in [0.15, 0.2) is 0 Å². The first-order valence-corrected chi connectivity index (χ1v) is 7.56. The number of nitrogens with zero attached hydrogens (tertiary/aromatic N) is 2. The minimum atomic E-state index is -0.192. The maximum absolute atomic E-state index is 11.9. The molecule has 0 radical (unpaired) electrons. The summed E-state index contributed by atoms with van der Waals surface area (Å²) in [6, 6.07) is 5.69. The van der Waals surface area contributed by atoms with Crippen LogP contribution in [0.15, 0.2) is 34.5 Å². The van der Waals surface area contributed by atoms with E-state index in [1.54, 1.807) is 6.20 Å². The van der Waals surface area contributed by atoms with E-state index in [9.17, 15) is 4.79 Å². The SMILES string of the molecule is CC(Sc1ccccn1)C(=O)NN=C1CCCCC1. The summed E-state index contributed by atoms with van der Waals surface area (Å²) in [5.41, 5.74) is 3.79. The summed E-state index contributed by atoms with van der Waals surface area (Å²) in [4.78, 5) is 16.1. The van der Waals surface area contributed by atoms with E-state index < -0.39 is 0 Å². The largest absolute Gasteiger partial charge is 0.272 e. The molecule has 1 unspecified atom stereocenters. The Morgan fingerprint density at radius 3 is 2.84 bits per heavy atom. The lowest BCUT2D eigenvalue weighted by molar-refractivity contribution is -0.120. The second-order valence-electron chi connectivity index (χ2n) is 4.64. The quantitative estimate of drug-likeness (QED) is 0.680. The Morgan fingerprint density at radius 1 is 1.37 bits per heavy atom. The number of carbonyl (C=O) groups excluding carboxylic acids is 1. The van der Waals surface area contributed by atoms with Crippen molar-refractivity contribution in [1.29, 1.82) is 0 Å². The molecule has 1 aliphatic carbocycles. The van der Waals surface area contributed by atoms with Crippen LogP contribution in [0.4, 0.5) is 0 Å². The van der Waals surface area contributed by atoms with Gasteiger partial charge in [0, 0.05) is 11.9 Å². The van der Waals surface area contributed by atoms with Gasteiger partial charge in [0.25, 0.3) is 5.91 Å². The number of nitrogens with one attached hydrogen (secondary N) is 1. The third-order valence-electron chi connectivity index (χ3n) is 3.06. The number of amides is 1. The van der Waals surface area contributed by atoms with Gasteiger partial charge in [-0.25, -0.2) is 10.4 Å². The van der Waals surface area contributed by atoms with Crippen LogP contribution < -0.4 is 5.43 Å². The second kappa shape index (κ2) is 7.28. The van der Waals surface area contributed by atoms with Gasteiger partial charge in [-0.1, -0.05) is 24.2 Å². The van der Waals surface area contributed by atoms with E-state index in [4.69, 9.17) is 0 Å². The van der Waals surface area contributed by atoms with Crippen molar-refractivity contribution in [3.05, 3.63) is 24.4 Å². The monoisotopic (exact) mass is 277 g/mol. The standard InChI is InChI=1S/C14H19N3OS/c1-11(19-13-9-5-6-10-15-13)14(18)17-16-12-7-3-2-4-8-12/h5-6,9-11H,2-4,7-8H2,1H3,(H,17,18). The summed E-state index contributed by atoms with van der Waals surface area (Å²) in [6.07, 6.45) is 7.41. The molecule has 0 aromatic carbocycles. The fraction of sp³-hybridized carbons (Fsp3) is 0.500. The van der Waals surface area contributed by atoms with Crippen molar-refractivity contribution in [2.45, 2.75) is 49.3 Å². The van der Waals surface area contributed by atoms with Crippen LogP contribution in [-0.4, -0.2) is 21.9 Å². The zero-order valence-corrected chi connectivity index (χ0v) is 11.9. The summed E-state index contributed by atoms with van der Waals surface area (Å²) in [7, 11) is 0. The zero-order valence-electron chi connectivity index (χ0n) is 11.1. The molecule has 19 heavy (non-hydrogen) atoms. The molecular formula is C14H19N3OS. The fourth-order valence-corrected chi connectivity index (χ4v) is 2.75. The van der Waals surface area contributed by atoms with Gasteiger partial charge in [0.2, 0.25) is 0 Å². The molecule has 2 rings (SSSR count). The predicted octanol–water partition coefficient (Wildman–Crippen LogP) is 3.00. The molecule has 4 nitrogen and oxygen atoms in total. The molecule has 0 aliphatic heterocycles. The molecule has 1 N–H and O–H groups in total. The average Bonchev–Trinajstić information content (AvgIpc) is 2.47. The normalized spacial score (nSPS) is 16.8. The predicted molar refractivity (Wildman–Crippen MR) is 78.2 cm³/mol. The third-order valence-corrected chi connectivity index (χ3v) is 4.11. The van der Waals surface area contributed by atoms with Crippen LogP contribution in [0, 0.1) is 0 Å². The summed E-state index contributed by atoms with van der Waals surface area (Å²) in [6.45, 7) is 1.87. The van der Waals surface area contributed by atoms with Crippen molar-refractivity contribution < 1.29 is 4.79 Å². The number of hydrogen-bond acceptors (Lipinski definition) is 4. The van der Waals surface area contributed by atoms with Gasteiger partial charge < -0.3 is 0 Å². The highest BCUT2D eigenvalue weighted by Crippen LogP contribution is 2.20. The lowest BCUT2D eigenvalue weighted by Gasteiger charge is -2.13. The molecule has 1 aliphatic rings. The van der Waals surface area contributed by atoms with E-state index in [1.807, 2.05) is 25.1 Å². The lowest BCUT2D eigenvalue weighted by Crippen LogP contribution is -2.28. The Labute approximate surface area is 118 Å². The number of aromatic nitrogens is 1. The number of pyridine rings is 1. The topological polar surface area (TPSA) is 54.4 Å². The van der Waals surface area contributed by atoms with Crippen molar-refractivity contribution >= 4 is 23.4 Å². The van der Waals surface area contributed by atoms with Crippen LogP contribution in [0.25, 0.3) is 0 Å². The molecule has 1 saturated carbocycles. The second-order valence-corrected chi connectivity index (χ2v) is 6.00. The van der Waals surface area contributed by atoms with Crippen molar-refractivity contribution in [2.24, 2.45) is 5.10 Å². The Balaban J connectivity index is 1.82. The van der Waals surface area contributed by atoms with Crippen molar-refractivity contribution in [1.82, 2.24) is 10.4 Å². The number of carbonyl (C=O) groups is 1. The Morgan fingerprint density at radius 2 is 2.16 bits per heavy atom. The maximum Gasteiger partial charge on any atom is 0.253 e. The van der Waals surface area contributed by atoms with E-state index in [0.717, 1.165) is 23.6 Å². The van der Waals surface area contributed by atoms with Crippen LogP contribution in [0.3, 0.4) is 0 Å². The zero-order chi connectivity index (χ0) is 13.5. The molecule has 0 spiro atoms. The Bertz CT molecular complexity index is 439.